The highest BCUT2D eigenvalue weighted by Gasteiger charge is 2.38. The molecular weight excluding hydrogens is 180 g/mol. The first-order chi connectivity index (χ1) is 6.11. The first kappa shape index (κ1) is 10.4. The highest BCUT2D eigenvalue weighted by molar-refractivity contribution is 5.87. The Kier molecular flexibility index (Phi) is 3.17. The Morgan fingerprint density at radius 1 is 1.23 bits per heavy atom. The predicted molar refractivity (Wildman–Crippen MR) is 41.3 cm³/mol. The Bertz CT molecular complexity index is 209. The SMILES string of the molecule is OC[C@H]1N=C(NO)[C@H](O)[C@@H](O)[C@H]1O. The fraction of sp³-hybridized carbons (Fsp3) is 0.833. The number of hydroxylamine groups is 1. The average molecular weight is 192 g/mol. The zero-order chi connectivity index (χ0) is 10.0. The molecule has 0 aromatic rings. The van der Waals surface area contributed by atoms with Crippen LogP contribution < -0.4 is 5.48 Å². The van der Waals surface area contributed by atoms with E-state index < -0.39 is 31.0 Å². The fourth-order valence-corrected chi connectivity index (χ4v) is 1.15. The van der Waals surface area contributed by atoms with Gasteiger partial charge in [-0.3, -0.25) is 15.7 Å². The molecule has 0 fully saturated rings. The van der Waals surface area contributed by atoms with E-state index in [0.29, 0.717) is 0 Å². The van der Waals surface area contributed by atoms with Gasteiger partial charge in [0.25, 0.3) is 0 Å². The molecule has 0 bridgehead atoms. The summed E-state index contributed by atoms with van der Waals surface area (Å²) in [6.45, 7) is -0.476. The third kappa shape index (κ3) is 1.79. The second-order valence-electron chi connectivity index (χ2n) is 2.80. The van der Waals surface area contributed by atoms with Gasteiger partial charge in [-0.1, -0.05) is 0 Å². The highest BCUT2D eigenvalue weighted by atomic mass is 16.5. The topological polar surface area (TPSA) is 126 Å². The third-order valence-electron chi connectivity index (χ3n) is 1.95. The Morgan fingerprint density at radius 3 is 2.31 bits per heavy atom. The van der Waals surface area contributed by atoms with Crippen molar-refractivity contribution in [1.82, 2.24) is 5.48 Å². The van der Waals surface area contributed by atoms with Crippen molar-refractivity contribution in [2.75, 3.05) is 6.61 Å². The lowest BCUT2D eigenvalue weighted by Crippen LogP contribution is -2.55. The van der Waals surface area contributed by atoms with Crippen LogP contribution in [0, 0.1) is 0 Å². The van der Waals surface area contributed by atoms with Crippen molar-refractivity contribution in [2.24, 2.45) is 4.99 Å². The maximum Gasteiger partial charge on any atom is 0.153 e. The van der Waals surface area contributed by atoms with E-state index in [-0.39, 0.29) is 5.84 Å². The number of aliphatic imine (C=N–C) groups is 1. The summed E-state index contributed by atoms with van der Waals surface area (Å²) >= 11 is 0. The Hall–Kier alpha value is -0.730. The minimum absolute atomic E-state index is 0.267. The third-order valence-corrected chi connectivity index (χ3v) is 1.95. The molecule has 76 valence electrons. The number of aliphatic hydroxyl groups excluding tert-OH is 4. The minimum Gasteiger partial charge on any atom is -0.394 e. The molecule has 13 heavy (non-hydrogen) atoms. The Morgan fingerprint density at radius 2 is 1.85 bits per heavy atom. The molecule has 0 aromatic heterocycles. The average Bonchev–Trinajstić information content (AvgIpc) is 2.15. The molecule has 7 heteroatoms. The van der Waals surface area contributed by atoms with Crippen LogP contribution in [-0.4, -0.2) is 62.4 Å². The van der Waals surface area contributed by atoms with Crippen molar-refractivity contribution in [2.45, 2.75) is 24.4 Å². The van der Waals surface area contributed by atoms with E-state index in [2.05, 4.69) is 4.99 Å². The highest BCUT2D eigenvalue weighted by Crippen LogP contribution is 2.14. The summed E-state index contributed by atoms with van der Waals surface area (Å²) in [5, 5.41) is 44.8. The first-order valence-electron chi connectivity index (χ1n) is 3.74. The fourth-order valence-electron chi connectivity index (χ4n) is 1.15. The lowest BCUT2D eigenvalue weighted by atomic mass is 9.97. The van der Waals surface area contributed by atoms with E-state index in [1.54, 1.807) is 5.48 Å². The number of rotatable bonds is 1. The molecule has 0 amide bonds. The number of hydrogen-bond donors (Lipinski definition) is 6. The summed E-state index contributed by atoms with van der Waals surface area (Å²) in [5.74, 6) is -0.267. The maximum absolute atomic E-state index is 9.23. The molecule has 0 saturated heterocycles. The first-order valence-corrected chi connectivity index (χ1v) is 3.74. The smallest absolute Gasteiger partial charge is 0.153 e. The van der Waals surface area contributed by atoms with Gasteiger partial charge >= 0.3 is 0 Å². The molecule has 4 atom stereocenters. The van der Waals surface area contributed by atoms with Crippen LogP contribution in [0.15, 0.2) is 4.99 Å². The number of nitrogens with one attached hydrogen (secondary N) is 1. The van der Waals surface area contributed by atoms with Crippen molar-refractivity contribution in [3.8, 4) is 0 Å². The molecule has 0 aliphatic carbocycles. The molecule has 1 aliphatic heterocycles. The largest absolute Gasteiger partial charge is 0.394 e. The van der Waals surface area contributed by atoms with Gasteiger partial charge in [-0.15, -0.1) is 0 Å². The summed E-state index contributed by atoms with van der Waals surface area (Å²) in [6.07, 6.45) is -4.27. The normalized spacial score (nSPS) is 39.9. The van der Waals surface area contributed by atoms with Crippen molar-refractivity contribution < 1.29 is 25.6 Å². The number of nitrogens with zero attached hydrogens (tertiary/aromatic N) is 1. The van der Waals surface area contributed by atoms with Crippen LogP contribution in [0.2, 0.25) is 0 Å². The minimum atomic E-state index is -1.47. The standard InChI is InChI=1S/C6H12N2O5/c9-1-2-3(10)4(11)5(12)6(7-2)8-13/h2-5,9-13H,1H2,(H,7,8)/t2-,3+,4+,5-/m1/s1. The Balaban J connectivity index is 2.86. The molecular formula is C6H12N2O5. The van der Waals surface area contributed by atoms with E-state index in [9.17, 15) is 15.3 Å². The van der Waals surface area contributed by atoms with E-state index in [1.807, 2.05) is 0 Å². The van der Waals surface area contributed by atoms with Crippen LogP contribution in [0.3, 0.4) is 0 Å². The quantitative estimate of drug-likeness (QED) is 0.243. The zero-order valence-corrected chi connectivity index (χ0v) is 6.70. The van der Waals surface area contributed by atoms with Crippen LogP contribution in [-0.2, 0) is 0 Å². The van der Waals surface area contributed by atoms with Crippen molar-refractivity contribution in [1.29, 1.82) is 0 Å². The van der Waals surface area contributed by atoms with Gasteiger partial charge < -0.3 is 20.4 Å². The number of hydrogen-bond acceptors (Lipinski definition) is 7. The van der Waals surface area contributed by atoms with Crippen LogP contribution >= 0.6 is 0 Å². The summed E-state index contributed by atoms with van der Waals surface area (Å²) in [7, 11) is 0. The predicted octanol–water partition coefficient (Wildman–Crippen LogP) is -3.18. The van der Waals surface area contributed by atoms with Crippen molar-refractivity contribution >= 4 is 5.84 Å². The van der Waals surface area contributed by atoms with Gasteiger partial charge in [-0.25, -0.2) is 0 Å². The summed E-state index contributed by atoms with van der Waals surface area (Å²) < 4.78 is 0. The lowest BCUT2D eigenvalue weighted by molar-refractivity contribution is -0.0622. The number of amidine groups is 1. The van der Waals surface area contributed by atoms with Crippen molar-refractivity contribution in [3.63, 3.8) is 0 Å². The van der Waals surface area contributed by atoms with Gasteiger partial charge in [0.05, 0.1) is 6.61 Å². The molecule has 1 aliphatic rings. The van der Waals surface area contributed by atoms with Crippen LogP contribution in [0.1, 0.15) is 0 Å². The van der Waals surface area contributed by atoms with Gasteiger partial charge in [0.15, 0.2) is 5.84 Å². The molecule has 1 rings (SSSR count). The monoisotopic (exact) mass is 192 g/mol. The van der Waals surface area contributed by atoms with Crippen LogP contribution in [0.25, 0.3) is 0 Å². The molecule has 0 unspecified atom stereocenters. The van der Waals surface area contributed by atoms with Crippen LogP contribution in [0.5, 0.6) is 0 Å². The molecule has 1 heterocycles. The maximum atomic E-state index is 9.23. The van der Waals surface area contributed by atoms with E-state index in [4.69, 9.17) is 10.3 Å². The molecule has 0 saturated carbocycles. The Labute approximate surface area is 73.9 Å². The van der Waals surface area contributed by atoms with Gasteiger partial charge in [-0.05, 0) is 0 Å². The van der Waals surface area contributed by atoms with Crippen LogP contribution in [0.4, 0.5) is 0 Å². The van der Waals surface area contributed by atoms with E-state index in [1.165, 1.54) is 0 Å². The lowest BCUT2D eigenvalue weighted by Gasteiger charge is -2.31. The van der Waals surface area contributed by atoms with Gasteiger partial charge in [0, 0.05) is 0 Å². The molecule has 0 spiro atoms. The molecule has 0 aromatic carbocycles. The summed E-state index contributed by atoms with van der Waals surface area (Å²) in [6, 6.07) is -0.937. The number of aliphatic hydroxyl groups is 4. The van der Waals surface area contributed by atoms with E-state index in [0.717, 1.165) is 0 Å². The van der Waals surface area contributed by atoms with Gasteiger partial charge in [0.2, 0.25) is 0 Å². The van der Waals surface area contributed by atoms with E-state index >= 15 is 0 Å². The van der Waals surface area contributed by atoms with Crippen molar-refractivity contribution in [3.05, 3.63) is 0 Å². The van der Waals surface area contributed by atoms with Gasteiger partial charge in [0.1, 0.15) is 24.4 Å². The second-order valence-corrected chi connectivity index (χ2v) is 2.80. The summed E-state index contributed by atoms with van der Waals surface area (Å²) in [5.41, 5.74) is 1.59. The second kappa shape index (κ2) is 3.99. The molecule has 0 radical (unpaired) electrons. The molecule has 6 N–H and O–H groups in total. The summed E-state index contributed by atoms with van der Waals surface area (Å²) in [4.78, 5) is 3.58. The van der Waals surface area contributed by atoms with Gasteiger partial charge in [-0.2, -0.15) is 0 Å². The zero-order valence-electron chi connectivity index (χ0n) is 6.70. The molecule has 7 nitrogen and oxygen atoms in total.